The van der Waals surface area contributed by atoms with Crippen LogP contribution in [0.15, 0.2) is 24.3 Å². The number of ether oxygens (including phenoxy) is 1. The summed E-state index contributed by atoms with van der Waals surface area (Å²) < 4.78 is 19.2. The van der Waals surface area contributed by atoms with E-state index in [4.69, 9.17) is 4.74 Å². The van der Waals surface area contributed by atoms with E-state index in [0.717, 1.165) is 0 Å². The third kappa shape index (κ3) is 3.06. The molecule has 2 aliphatic heterocycles. The van der Waals surface area contributed by atoms with Crippen LogP contribution in [0.1, 0.15) is 18.4 Å². The molecule has 0 aromatic heterocycles. The van der Waals surface area contributed by atoms with Crippen molar-refractivity contribution in [3.8, 4) is 0 Å². The van der Waals surface area contributed by atoms with Crippen LogP contribution in [0.2, 0.25) is 0 Å². The Labute approximate surface area is 142 Å². The van der Waals surface area contributed by atoms with Crippen molar-refractivity contribution in [3.63, 3.8) is 0 Å². The topological polar surface area (TPSA) is 53.0 Å². The lowest BCUT2D eigenvalue weighted by Gasteiger charge is -2.39. The molecule has 132 valence electrons. The fourth-order valence-electron chi connectivity index (χ4n) is 3.88. The maximum absolute atomic E-state index is 13.8. The molecule has 0 bridgehead atoms. The Kier molecular flexibility index (Phi) is 4.90. The first kappa shape index (κ1) is 17.3. The van der Waals surface area contributed by atoms with Crippen molar-refractivity contribution in [3.05, 3.63) is 35.6 Å². The first-order valence-electron chi connectivity index (χ1n) is 8.42. The van der Waals surface area contributed by atoms with E-state index in [0.29, 0.717) is 44.7 Å². The molecular weight excluding hydrogens is 311 g/mol. The molecule has 1 aromatic rings. The van der Waals surface area contributed by atoms with Crippen molar-refractivity contribution in [2.45, 2.75) is 30.4 Å². The average molecular weight is 336 g/mol. The van der Waals surface area contributed by atoms with Gasteiger partial charge in [-0.3, -0.25) is 4.79 Å². The summed E-state index contributed by atoms with van der Waals surface area (Å²) in [5.74, 6) is -0.362. The van der Waals surface area contributed by atoms with Gasteiger partial charge in [0.1, 0.15) is 5.82 Å². The number of aliphatic hydroxyl groups excluding tert-OH is 1. The summed E-state index contributed by atoms with van der Waals surface area (Å²) >= 11 is 0. The van der Waals surface area contributed by atoms with Gasteiger partial charge < -0.3 is 19.6 Å². The Hall–Kier alpha value is -1.50. The summed E-state index contributed by atoms with van der Waals surface area (Å²) in [6, 6.07) is 6.25. The Balaban J connectivity index is 1.91. The van der Waals surface area contributed by atoms with E-state index >= 15 is 0 Å². The highest BCUT2D eigenvalue weighted by molar-refractivity contribution is 5.88. The summed E-state index contributed by atoms with van der Waals surface area (Å²) in [5, 5.41) is 10.3. The zero-order valence-corrected chi connectivity index (χ0v) is 14.2. The molecule has 6 heteroatoms. The summed E-state index contributed by atoms with van der Waals surface area (Å²) in [6.45, 7) is 1.77. The number of hydrogen-bond donors (Lipinski definition) is 1. The van der Waals surface area contributed by atoms with Crippen molar-refractivity contribution < 1.29 is 19.0 Å². The minimum absolute atomic E-state index is 0.0280. The molecule has 0 spiro atoms. The number of likely N-dealkylation sites (N-methyl/N-ethyl adjacent to an activating group) is 1. The third-order valence-corrected chi connectivity index (χ3v) is 5.34. The second-order valence-electron chi connectivity index (χ2n) is 7.01. The zero-order valence-electron chi connectivity index (χ0n) is 14.2. The standard InChI is InChI=1S/C18H25FN2O3/c1-20(2)15-11-21(12-16(15)22)17(23)18(6-8-24-9-7-18)13-4-3-5-14(19)10-13/h3-5,10,15-16,22H,6-9,11-12H2,1-2H3/t15-,16-/m0/s1. The highest BCUT2D eigenvalue weighted by atomic mass is 19.1. The molecule has 1 N–H and O–H groups in total. The van der Waals surface area contributed by atoms with Gasteiger partial charge in [0.25, 0.3) is 0 Å². The molecular formula is C18H25FN2O3. The molecule has 2 heterocycles. The number of halogens is 1. The molecule has 2 aliphatic rings. The molecule has 3 rings (SSSR count). The fraction of sp³-hybridized carbons (Fsp3) is 0.611. The third-order valence-electron chi connectivity index (χ3n) is 5.34. The Morgan fingerprint density at radius 2 is 2.04 bits per heavy atom. The minimum atomic E-state index is -0.763. The van der Waals surface area contributed by atoms with E-state index < -0.39 is 11.5 Å². The number of rotatable bonds is 3. The van der Waals surface area contributed by atoms with Gasteiger partial charge in [0.05, 0.1) is 17.6 Å². The fourth-order valence-corrected chi connectivity index (χ4v) is 3.88. The van der Waals surface area contributed by atoms with Gasteiger partial charge >= 0.3 is 0 Å². The van der Waals surface area contributed by atoms with Crippen LogP contribution in [0.25, 0.3) is 0 Å². The van der Waals surface area contributed by atoms with Gasteiger partial charge in [-0.05, 0) is 44.6 Å². The van der Waals surface area contributed by atoms with Crippen LogP contribution in [0.5, 0.6) is 0 Å². The number of likely N-dealkylation sites (tertiary alicyclic amines) is 1. The van der Waals surface area contributed by atoms with Gasteiger partial charge in [-0.1, -0.05) is 12.1 Å². The lowest BCUT2D eigenvalue weighted by molar-refractivity contribution is -0.140. The highest BCUT2D eigenvalue weighted by Crippen LogP contribution is 2.38. The van der Waals surface area contributed by atoms with Gasteiger partial charge in [0, 0.05) is 26.3 Å². The maximum Gasteiger partial charge on any atom is 0.233 e. The summed E-state index contributed by atoms with van der Waals surface area (Å²) in [5.41, 5.74) is -0.0556. The van der Waals surface area contributed by atoms with Crippen molar-refractivity contribution in [1.29, 1.82) is 0 Å². The first-order valence-corrected chi connectivity index (χ1v) is 8.42. The summed E-state index contributed by atoms with van der Waals surface area (Å²) in [4.78, 5) is 17.0. The van der Waals surface area contributed by atoms with E-state index in [2.05, 4.69) is 0 Å². The lowest BCUT2D eigenvalue weighted by Crippen LogP contribution is -2.50. The van der Waals surface area contributed by atoms with Crippen molar-refractivity contribution in [2.24, 2.45) is 0 Å². The van der Waals surface area contributed by atoms with Crippen LogP contribution in [0, 0.1) is 5.82 Å². The molecule has 0 radical (unpaired) electrons. The zero-order chi connectivity index (χ0) is 17.3. The van der Waals surface area contributed by atoms with Gasteiger partial charge in [-0.25, -0.2) is 4.39 Å². The lowest BCUT2D eigenvalue weighted by atomic mass is 9.73. The molecule has 0 saturated carbocycles. The number of aliphatic hydroxyl groups is 1. The van der Waals surface area contributed by atoms with Crippen molar-refractivity contribution in [2.75, 3.05) is 40.4 Å². The molecule has 24 heavy (non-hydrogen) atoms. The van der Waals surface area contributed by atoms with Crippen LogP contribution in [0.3, 0.4) is 0 Å². The predicted molar refractivity (Wildman–Crippen MR) is 88.2 cm³/mol. The molecule has 2 fully saturated rings. The van der Waals surface area contributed by atoms with Crippen LogP contribution in [-0.2, 0) is 14.9 Å². The monoisotopic (exact) mass is 336 g/mol. The van der Waals surface area contributed by atoms with Gasteiger partial charge in [0.2, 0.25) is 5.91 Å². The Morgan fingerprint density at radius 3 is 2.62 bits per heavy atom. The number of β-amino-alcohol motifs (C(OH)–C–C–N with tert-alkyl or cyclic N) is 1. The van der Waals surface area contributed by atoms with Gasteiger partial charge in [-0.15, -0.1) is 0 Å². The molecule has 2 atom stereocenters. The van der Waals surface area contributed by atoms with E-state index in [9.17, 15) is 14.3 Å². The number of hydrogen-bond acceptors (Lipinski definition) is 4. The normalized spacial score (nSPS) is 26.8. The van der Waals surface area contributed by atoms with Crippen molar-refractivity contribution in [1.82, 2.24) is 9.80 Å². The second-order valence-corrected chi connectivity index (χ2v) is 7.01. The number of benzene rings is 1. The first-order chi connectivity index (χ1) is 11.4. The van der Waals surface area contributed by atoms with Crippen LogP contribution in [0.4, 0.5) is 4.39 Å². The number of amides is 1. The quantitative estimate of drug-likeness (QED) is 0.895. The van der Waals surface area contributed by atoms with Crippen LogP contribution >= 0.6 is 0 Å². The van der Waals surface area contributed by atoms with Crippen molar-refractivity contribution >= 4 is 5.91 Å². The average Bonchev–Trinajstić information content (AvgIpc) is 2.97. The molecule has 0 unspecified atom stereocenters. The molecule has 2 saturated heterocycles. The van der Waals surface area contributed by atoms with Gasteiger partial charge in [-0.2, -0.15) is 0 Å². The predicted octanol–water partition coefficient (Wildman–Crippen LogP) is 1.01. The summed E-state index contributed by atoms with van der Waals surface area (Å²) in [6.07, 6.45) is 0.511. The largest absolute Gasteiger partial charge is 0.390 e. The van der Waals surface area contributed by atoms with Crippen LogP contribution in [-0.4, -0.2) is 73.4 Å². The highest BCUT2D eigenvalue weighted by Gasteiger charge is 2.47. The Morgan fingerprint density at radius 1 is 1.33 bits per heavy atom. The second kappa shape index (κ2) is 6.78. The molecule has 1 amide bonds. The minimum Gasteiger partial charge on any atom is -0.390 e. The molecule has 1 aromatic carbocycles. The van der Waals surface area contributed by atoms with E-state index in [-0.39, 0.29) is 17.8 Å². The smallest absolute Gasteiger partial charge is 0.233 e. The number of carbonyl (C=O) groups is 1. The number of carbonyl (C=O) groups excluding carboxylic acids is 1. The van der Waals surface area contributed by atoms with Gasteiger partial charge in [0.15, 0.2) is 0 Å². The van der Waals surface area contributed by atoms with Crippen LogP contribution < -0.4 is 0 Å². The van der Waals surface area contributed by atoms with E-state index in [1.54, 1.807) is 11.0 Å². The SMILES string of the molecule is CN(C)[C@H]1CN(C(=O)C2(c3cccc(F)c3)CCOCC2)C[C@@H]1O. The van der Waals surface area contributed by atoms with E-state index in [1.165, 1.54) is 12.1 Å². The molecule has 5 nitrogen and oxygen atoms in total. The maximum atomic E-state index is 13.8. The number of nitrogens with zero attached hydrogens (tertiary/aromatic N) is 2. The Bertz CT molecular complexity index is 602. The van der Waals surface area contributed by atoms with E-state index in [1.807, 2.05) is 25.1 Å². The summed E-state index contributed by atoms with van der Waals surface area (Å²) in [7, 11) is 3.80. The molecule has 0 aliphatic carbocycles.